The average molecular weight is 372 g/mol. The molecule has 0 spiro atoms. The Balaban J connectivity index is 0.00000208. The zero-order valence-corrected chi connectivity index (χ0v) is 15.4. The third-order valence-electron chi connectivity index (χ3n) is 4.53. The van der Waals surface area contributed by atoms with E-state index in [0.29, 0.717) is 11.7 Å². The number of hydrogen-bond acceptors (Lipinski definition) is 6. The molecule has 0 radical (unpaired) electrons. The zero-order valence-electron chi connectivity index (χ0n) is 13.7. The van der Waals surface area contributed by atoms with Crippen LogP contribution in [0, 0.1) is 0 Å². The number of hydrogen-bond donors (Lipinski definition) is 1. The fourth-order valence-electron chi connectivity index (χ4n) is 3.11. The van der Waals surface area contributed by atoms with E-state index in [1.165, 1.54) is 6.26 Å². The molecule has 1 saturated carbocycles. The minimum atomic E-state index is -3.21. The van der Waals surface area contributed by atoms with Gasteiger partial charge in [0.15, 0.2) is 9.84 Å². The van der Waals surface area contributed by atoms with Crippen molar-refractivity contribution in [2.24, 2.45) is 5.73 Å². The summed E-state index contributed by atoms with van der Waals surface area (Å²) in [4.78, 5) is 4.75. The maximum atomic E-state index is 11.5. The van der Waals surface area contributed by atoms with Gasteiger partial charge in [0.25, 0.3) is 0 Å². The number of halogens is 1. The second-order valence-electron chi connectivity index (χ2n) is 6.56. The summed E-state index contributed by atoms with van der Waals surface area (Å²) in [5.74, 6) is 1.09. The van der Waals surface area contributed by atoms with Gasteiger partial charge in [0.1, 0.15) is 0 Å². The summed E-state index contributed by atoms with van der Waals surface area (Å²) >= 11 is 0. The second kappa shape index (κ2) is 6.82. The lowest BCUT2D eigenvalue weighted by molar-refractivity contribution is 0.223. The molecule has 2 unspecified atom stereocenters. The van der Waals surface area contributed by atoms with Crippen molar-refractivity contribution in [3.8, 4) is 11.4 Å². The van der Waals surface area contributed by atoms with Crippen molar-refractivity contribution in [2.75, 3.05) is 6.26 Å². The van der Waals surface area contributed by atoms with Crippen LogP contribution in [0.25, 0.3) is 11.4 Å². The zero-order chi connectivity index (χ0) is 16.7. The van der Waals surface area contributed by atoms with E-state index in [0.717, 1.165) is 31.2 Å². The first-order valence-electron chi connectivity index (χ1n) is 7.70. The summed E-state index contributed by atoms with van der Waals surface area (Å²) in [5.41, 5.74) is 6.77. The lowest BCUT2D eigenvalue weighted by atomic mass is 9.74. The summed E-state index contributed by atoms with van der Waals surface area (Å²) in [5, 5.41) is 4.03. The van der Waals surface area contributed by atoms with Crippen molar-refractivity contribution in [3.63, 3.8) is 0 Å². The Bertz CT molecular complexity index is 800. The Hall–Kier alpha value is -1.44. The highest BCUT2D eigenvalue weighted by atomic mass is 35.5. The molecular weight excluding hydrogens is 350 g/mol. The maximum Gasteiger partial charge on any atom is 0.231 e. The van der Waals surface area contributed by atoms with Gasteiger partial charge in [0.05, 0.1) is 10.8 Å². The van der Waals surface area contributed by atoms with Crippen LogP contribution in [0.4, 0.5) is 0 Å². The molecule has 2 aromatic rings. The minimum Gasteiger partial charge on any atom is -0.339 e. The van der Waals surface area contributed by atoms with Crippen molar-refractivity contribution in [1.29, 1.82) is 0 Å². The molecule has 0 amide bonds. The van der Waals surface area contributed by atoms with Gasteiger partial charge in [-0.1, -0.05) is 18.0 Å². The monoisotopic (exact) mass is 371 g/mol. The summed E-state index contributed by atoms with van der Waals surface area (Å²) in [7, 11) is -3.21. The van der Waals surface area contributed by atoms with E-state index < -0.39 is 9.84 Å². The minimum absolute atomic E-state index is 0. The third kappa shape index (κ3) is 3.79. The number of rotatable bonds is 3. The van der Waals surface area contributed by atoms with Gasteiger partial charge >= 0.3 is 0 Å². The maximum absolute atomic E-state index is 11.5. The molecule has 1 fully saturated rings. The molecule has 24 heavy (non-hydrogen) atoms. The standard InChI is InChI=1S/C16H21N3O3S.ClH/c1-16(17)10-4-3-5-13(16)15-18-14(19-22-15)11-6-8-12(9-7-11)23(2,20)21;/h6-9,13H,3-5,10,17H2,1-2H3;1H. The van der Waals surface area contributed by atoms with Crippen LogP contribution >= 0.6 is 12.4 Å². The summed E-state index contributed by atoms with van der Waals surface area (Å²) < 4.78 is 28.4. The van der Waals surface area contributed by atoms with Crippen molar-refractivity contribution in [2.45, 2.75) is 49.0 Å². The Morgan fingerprint density at radius 3 is 2.50 bits per heavy atom. The lowest BCUT2D eigenvalue weighted by Gasteiger charge is -2.35. The van der Waals surface area contributed by atoms with Crippen molar-refractivity contribution < 1.29 is 12.9 Å². The number of nitrogens with two attached hydrogens (primary N) is 1. The average Bonchev–Trinajstić information content (AvgIpc) is 2.95. The van der Waals surface area contributed by atoms with Gasteiger partial charge in [-0.3, -0.25) is 0 Å². The molecular formula is C16H22ClN3O3S. The van der Waals surface area contributed by atoms with E-state index >= 15 is 0 Å². The van der Waals surface area contributed by atoms with Gasteiger partial charge in [-0.25, -0.2) is 8.42 Å². The molecule has 6 nitrogen and oxygen atoms in total. The summed E-state index contributed by atoms with van der Waals surface area (Å²) in [6, 6.07) is 6.48. The fraction of sp³-hybridized carbons (Fsp3) is 0.500. The molecule has 1 heterocycles. The highest BCUT2D eigenvalue weighted by Gasteiger charge is 2.37. The highest BCUT2D eigenvalue weighted by molar-refractivity contribution is 7.90. The first-order valence-corrected chi connectivity index (χ1v) is 9.59. The van der Waals surface area contributed by atoms with E-state index in [9.17, 15) is 8.42 Å². The largest absolute Gasteiger partial charge is 0.339 e. The Kier molecular flexibility index (Phi) is 5.37. The van der Waals surface area contributed by atoms with Crippen LogP contribution in [0.3, 0.4) is 0 Å². The molecule has 132 valence electrons. The topological polar surface area (TPSA) is 99.1 Å². The van der Waals surface area contributed by atoms with E-state index in [4.69, 9.17) is 10.3 Å². The van der Waals surface area contributed by atoms with Crippen LogP contribution in [-0.4, -0.2) is 30.4 Å². The van der Waals surface area contributed by atoms with Crippen molar-refractivity contribution >= 4 is 22.2 Å². The van der Waals surface area contributed by atoms with Crippen LogP contribution < -0.4 is 5.73 Å². The first-order chi connectivity index (χ1) is 10.8. The van der Waals surface area contributed by atoms with Crippen LogP contribution in [-0.2, 0) is 9.84 Å². The van der Waals surface area contributed by atoms with Crippen molar-refractivity contribution in [1.82, 2.24) is 10.1 Å². The normalized spacial score (nSPS) is 24.4. The van der Waals surface area contributed by atoms with Crippen LogP contribution in [0.15, 0.2) is 33.7 Å². The molecule has 1 aliphatic carbocycles. The lowest BCUT2D eigenvalue weighted by Crippen LogP contribution is -2.44. The molecule has 8 heteroatoms. The van der Waals surface area contributed by atoms with E-state index in [1.807, 2.05) is 6.92 Å². The van der Waals surface area contributed by atoms with E-state index in [2.05, 4.69) is 10.1 Å². The molecule has 1 aromatic carbocycles. The predicted molar refractivity (Wildman–Crippen MR) is 93.9 cm³/mol. The van der Waals surface area contributed by atoms with Gasteiger partial charge in [-0.05, 0) is 44.0 Å². The van der Waals surface area contributed by atoms with Gasteiger partial charge in [0, 0.05) is 17.4 Å². The predicted octanol–water partition coefficient (Wildman–Crippen LogP) is 2.94. The second-order valence-corrected chi connectivity index (χ2v) is 8.57. The number of nitrogens with zero attached hydrogens (tertiary/aromatic N) is 2. The number of aromatic nitrogens is 2. The van der Waals surface area contributed by atoms with Crippen LogP contribution in [0.5, 0.6) is 0 Å². The summed E-state index contributed by atoms with van der Waals surface area (Å²) in [6.07, 6.45) is 5.30. The van der Waals surface area contributed by atoms with Gasteiger partial charge in [-0.15, -0.1) is 12.4 Å². The smallest absolute Gasteiger partial charge is 0.231 e. The quantitative estimate of drug-likeness (QED) is 0.890. The summed E-state index contributed by atoms with van der Waals surface area (Å²) in [6.45, 7) is 2.03. The van der Waals surface area contributed by atoms with E-state index in [-0.39, 0.29) is 28.8 Å². The first kappa shape index (κ1) is 18.9. The molecule has 2 atom stereocenters. The molecule has 1 aromatic heterocycles. The Morgan fingerprint density at radius 1 is 1.25 bits per heavy atom. The Morgan fingerprint density at radius 2 is 1.92 bits per heavy atom. The molecule has 3 rings (SSSR count). The molecule has 0 bridgehead atoms. The fourth-order valence-corrected chi connectivity index (χ4v) is 3.74. The number of benzene rings is 1. The number of sulfone groups is 1. The molecule has 0 aliphatic heterocycles. The van der Waals surface area contributed by atoms with Gasteiger partial charge in [0.2, 0.25) is 11.7 Å². The molecule has 0 saturated heterocycles. The van der Waals surface area contributed by atoms with Gasteiger partial charge in [-0.2, -0.15) is 4.98 Å². The third-order valence-corrected chi connectivity index (χ3v) is 5.66. The highest BCUT2D eigenvalue weighted by Crippen LogP contribution is 2.38. The SMILES string of the molecule is CC1(N)CCCCC1c1nc(-c2ccc(S(C)(=O)=O)cc2)no1.Cl. The molecule has 2 N–H and O–H groups in total. The van der Waals surface area contributed by atoms with Crippen LogP contribution in [0.1, 0.15) is 44.4 Å². The van der Waals surface area contributed by atoms with E-state index in [1.54, 1.807) is 24.3 Å². The Labute approximate surface area is 148 Å². The van der Waals surface area contributed by atoms with Crippen LogP contribution in [0.2, 0.25) is 0 Å². The molecule has 1 aliphatic rings. The van der Waals surface area contributed by atoms with Gasteiger partial charge < -0.3 is 10.3 Å². The van der Waals surface area contributed by atoms with Crippen molar-refractivity contribution in [3.05, 3.63) is 30.2 Å².